The highest BCUT2D eigenvalue weighted by Gasteiger charge is 2.36. The fourth-order valence-corrected chi connectivity index (χ4v) is 3.46. The molecule has 0 aromatic heterocycles. The number of fused-ring (bicyclic) bond motifs is 1. The van der Waals surface area contributed by atoms with E-state index in [2.05, 4.69) is 32.6 Å². The zero-order valence-electron chi connectivity index (χ0n) is 12.4. The van der Waals surface area contributed by atoms with Crippen molar-refractivity contribution in [3.8, 4) is 0 Å². The maximum atomic E-state index is 11.3. The third-order valence-corrected chi connectivity index (χ3v) is 4.28. The predicted octanol–water partition coefficient (Wildman–Crippen LogP) is 3.81. The normalized spacial score (nSPS) is 21.1. The first-order chi connectivity index (χ1) is 8.77. The fourth-order valence-electron chi connectivity index (χ4n) is 3.46. The van der Waals surface area contributed by atoms with Crippen LogP contribution in [0.1, 0.15) is 61.5 Å². The Labute approximate surface area is 115 Å². The van der Waals surface area contributed by atoms with Crippen molar-refractivity contribution >= 4 is 11.7 Å². The zero-order chi connectivity index (χ0) is 14.4. The lowest BCUT2D eigenvalue weighted by atomic mass is 9.79. The Morgan fingerprint density at radius 1 is 1.47 bits per heavy atom. The summed E-state index contributed by atoms with van der Waals surface area (Å²) in [5, 5.41) is 9.27. The molecule has 104 valence electrons. The highest BCUT2D eigenvalue weighted by atomic mass is 16.4. The van der Waals surface area contributed by atoms with Gasteiger partial charge in [-0.25, -0.2) is 4.79 Å². The Kier molecular flexibility index (Phi) is 3.33. The van der Waals surface area contributed by atoms with Gasteiger partial charge in [0.15, 0.2) is 0 Å². The first-order valence-electron chi connectivity index (χ1n) is 6.93. The number of hydrogen-bond acceptors (Lipinski definition) is 2. The lowest BCUT2D eigenvalue weighted by Crippen LogP contribution is -2.48. The van der Waals surface area contributed by atoms with E-state index in [1.54, 1.807) is 0 Å². The second-order valence-electron chi connectivity index (χ2n) is 6.19. The quantitative estimate of drug-likeness (QED) is 0.880. The van der Waals surface area contributed by atoms with Crippen molar-refractivity contribution in [3.05, 3.63) is 28.8 Å². The van der Waals surface area contributed by atoms with E-state index in [1.807, 2.05) is 19.1 Å². The topological polar surface area (TPSA) is 40.5 Å². The van der Waals surface area contributed by atoms with Crippen LogP contribution in [0.15, 0.2) is 12.1 Å². The second kappa shape index (κ2) is 4.55. The molecule has 0 radical (unpaired) electrons. The molecular weight excluding hydrogens is 238 g/mol. The van der Waals surface area contributed by atoms with Gasteiger partial charge in [0, 0.05) is 17.8 Å². The molecule has 1 unspecified atom stereocenters. The lowest BCUT2D eigenvalue weighted by Gasteiger charge is -2.47. The van der Waals surface area contributed by atoms with Gasteiger partial charge >= 0.3 is 5.97 Å². The molecule has 2 rings (SSSR count). The summed E-state index contributed by atoms with van der Waals surface area (Å²) in [4.78, 5) is 13.7. The number of hydrogen-bond donors (Lipinski definition) is 1. The van der Waals surface area contributed by atoms with Gasteiger partial charge in [0.25, 0.3) is 0 Å². The van der Waals surface area contributed by atoms with Crippen molar-refractivity contribution in [1.29, 1.82) is 0 Å². The van der Waals surface area contributed by atoms with Gasteiger partial charge in [-0.1, -0.05) is 6.92 Å². The number of carboxylic acids is 1. The summed E-state index contributed by atoms with van der Waals surface area (Å²) in [5.74, 6) is -0.438. The Bertz CT molecular complexity index is 520. The molecule has 0 amide bonds. The SMILES string of the molecule is CCN1c2cc(C)c(C(=O)O)cc2C(C)CC1(C)C. The molecule has 3 heteroatoms. The van der Waals surface area contributed by atoms with Gasteiger partial charge in [-0.15, -0.1) is 0 Å². The molecule has 1 aliphatic heterocycles. The molecule has 0 aliphatic carbocycles. The van der Waals surface area contributed by atoms with Crippen LogP contribution < -0.4 is 4.90 Å². The summed E-state index contributed by atoms with van der Waals surface area (Å²) >= 11 is 0. The summed E-state index contributed by atoms with van der Waals surface area (Å²) in [5.41, 5.74) is 3.77. The van der Waals surface area contributed by atoms with E-state index in [1.165, 1.54) is 11.3 Å². The molecule has 0 fully saturated rings. The average molecular weight is 261 g/mol. The third kappa shape index (κ3) is 2.22. The molecule has 0 spiro atoms. The zero-order valence-corrected chi connectivity index (χ0v) is 12.4. The van der Waals surface area contributed by atoms with E-state index in [4.69, 9.17) is 0 Å². The van der Waals surface area contributed by atoms with Gasteiger partial charge in [-0.2, -0.15) is 0 Å². The summed E-state index contributed by atoms with van der Waals surface area (Å²) < 4.78 is 0. The maximum Gasteiger partial charge on any atom is 0.335 e. The van der Waals surface area contributed by atoms with Gasteiger partial charge in [0.2, 0.25) is 0 Å². The number of aryl methyl sites for hydroxylation is 1. The molecule has 0 bridgehead atoms. The summed E-state index contributed by atoms with van der Waals surface area (Å²) in [7, 11) is 0. The minimum Gasteiger partial charge on any atom is -0.478 e. The number of anilines is 1. The molecular formula is C16H23NO2. The van der Waals surface area contributed by atoms with Crippen LogP contribution in [0, 0.1) is 6.92 Å². The Hall–Kier alpha value is -1.51. The first kappa shape index (κ1) is 13.9. The van der Waals surface area contributed by atoms with Gasteiger partial charge in [-0.05, 0) is 63.3 Å². The fraction of sp³-hybridized carbons (Fsp3) is 0.562. The molecule has 0 saturated heterocycles. The average Bonchev–Trinajstić information content (AvgIpc) is 2.26. The molecule has 1 N–H and O–H groups in total. The number of benzene rings is 1. The highest BCUT2D eigenvalue weighted by Crippen LogP contribution is 2.44. The van der Waals surface area contributed by atoms with Crippen LogP contribution in [0.25, 0.3) is 0 Å². The van der Waals surface area contributed by atoms with Crippen LogP contribution in [-0.2, 0) is 0 Å². The van der Waals surface area contributed by atoms with Crippen molar-refractivity contribution in [1.82, 2.24) is 0 Å². The molecule has 1 aliphatic rings. The number of nitrogens with zero attached hydrogens (tertiary/aromatic N) is 1. The minimum atomic E-state index is -0.833. The number of carbonyl (C=O) groups is 1. The van der Waals surface area contributed by atoms with E-state index in [0.717, 1.165) is 18.5 Å². The molecule has 1 atom stereocenters. The van der Waals surface area contributed by atoms with Crippen LogP contribution in [0.4, 0.5) is 5.69 Å². The Balaban J connectivity index is 2.63. The van der Waals surface area contributed by atoms with E-state index in [0.29, 0.717) is 11.5 Å². The van der Waals surface area contributed by atoms with E-state index < -0.39 is 5.97 Å². The Morgan fingerprint density at radius 3 is 2.63 bits per heavy atom. The monoisotopic (exact) mass is 261 g/mol. The number of aromatic carboxylic acids is 1. The van der Waals surface area contributed by atoms with Crippen molar-refractivity contribution < 1.29 is 9.90 Å². The maximum absolute atomic E-state index is 11.3. The lowest BCUT2D eigenvalue weighted by molar-refractivity contribution is 0.0696. The molecule has 3 nitrogen and oxygen atoms in total. The summed E-state index contributed by atoms with van der Waals surface area (Å²) in [6, 6.07) is 3.91. The smallest absolute Gasteiger partial charge is 0.335 e. The number of rotatable bonds is 2. The van der Waals surface area contributed by atoms with Gasteiger partial charge < -0.3 is 10.0 Å². The molecule has 1 aromatic rings. The first-order valence-corrected chi connectivity index (χ1v) is 6.93. The van der Waals surface area contributed by atoms with E-state index in [-0.39, 0.29) is 5.54 Å². The standard InChI is InChI=1S/C16H23NO2/c1-6-17-14-7-10(2)13(15(18)19)8-12(14)11(3)9-16(17,4)5/h7-8,11H,6,9H2,1-5H3,(H,18,19). The van der Waals surface area contributed by atoms with Crippen LogP contribution in [0.2, 0.25) is 0 Å². The van der Waals surface area contributed by atoms with Crippen LogP contribution >= 0.6 is 0 Å². The summed E-state index contributed by atoms with van der Waals surface area (Å²) in [6.07, 6.45) is 1.05. The molecule has 1 heterocycles. The molecule has 0 saturated carbocycles. The molecule has 19 heavy (non-hydrogen) atoms. The van der Waals surface area contributed by atoms with Crippen molar-refractivity contribution in [2.24, 2.45) is 0 Å². The second-order valence-corrected chi connectivity index (χ2v) is 6.19. The minimum absolute atomic E-state index is 0.123. The summed E-state index contributed by atoms with van der Waals surface area (Å²) in [6.45, 7) is 11.7. The van der Waals surface area contributed by atoms with Crippen molar-refractivity contribution in [2.45, 2.75) is 52.5 Å². The van der Waals surface area contributed by atoms with Gasteiger partial charge in [-0.3, -0.25) is 0 Å². The van der Waals surface area contributed by atoms with E-state index in [9.17, 15) is 9.90 Å². The van der Waals surface area contributed by atoms with Gasteiger partial charge in [0.1, 0.15) is 0 Å². The third-order valence-electron chi connectivity index (χ3n) is 4.28. The largest absolute Gasteiger partial charge is 0.478 e. The van der Waals surface area contributed by atoms with Crippen molar-refractivity contribution in [3.63, 3.8) is 0 Å². The Morgan fingerprint density at radius 2 is 2.11 bits per heavy atom. The van der Waals surface area contributed by atoms with Crippen LogP contribution in [0.5, 0.6) is 0 Å². The molecule has 1 aromatic carbocycles. The highest BCUT2D eigenvalue weighted by molar-refractivity contribution is 5.90. The van der Waals surface area contributed by atoms with Crippen molar-refractivity contribution in [2.75, 3.05) is 11.4 Å². The van der Waals surface area contributed by atoms with Crippen LogP contribution in [0.3, 0.4) is 0 Å². The predicted molar refractivity (Wildman–Crippen MR) is 78.3 cm³/mol. The van der Waals surface area contributed by atoms with Crippen LogP contribution in [-0.4, -0.2) is 23.2 Å². The number of carboxylic acid groups (broad SMARTS) is 1. The van der Waals surface area contributed by atoms with Gasteiger partial charge in [0.05, 0.1) is 5.56 Å². The van der Waals surface area contributed by atoms with E-state index >= 15 is 0 Å².